The summed E-state index contributed by atoms with van der Waals surface area (Å²) in [7, 11) is 0. The van der Waals surface area contributed by atoms with Crippen molar-refractivity contribution in [3.63, 3.8) is 0 Å². The molecule has 0 saturated heterocycles. The zero-order valence-corrected chi connectivity index (χ0v) is 21.3. The molecule has 3 rings (SSSR count). The summed E-state index contributed by atoms with van der Waals surface area (Å²) in [5.41, 5.74) is 4.42. The molecule has 3 aromatic rings. The van der Waals surface area contributed by atoms with Crippen molar-refractivity contribution in [3.8, 4) is 0 Å². The maximum atomic E-state index is 12.5. The van der Waals surface area contributed by atoms with E-state index in [1.165, 1.54) is 11.1 Å². The predicted octanol–water partition coefficient (Wildman–Crippen LogP) is 5.92. The summed E-state index contributed by atoms with van der Waals surface area (Å²) >= 11 is 12.1. The molecular formula is C28H33Cl2N3O. The molecule has 4 nitrogen and oxygen atoms in total. The molecule has 0 aliphatic heterocycles. The van der Waals surface area contributed by atoms with Gasteiger partial charge in [0.15, 0.2) is 0 Å². The number of benzene rings is 3. The molecule has 2 atom stereocenters. The number of halogens is 2. The number of nitrogens with one attached hydrogen (secondary N) is 3. The lowest BCUT2D eigenvalue weighted by Gasteiger charge is -2.16. The van der Waals surface area contributed by atoms with Gasteiger partial charge in [0.05, 0.1) is 6.04 Å². The van der Waals surface area contributed by atoms with Crippen molar-refractivity contribution < 1.29 is 4.79 Å². The third-order valence-corrected chi connectivity index (χ3v) is 6.18. The topological polar surface area (TPSA) is 53.2 Å². The van der Waals surface area contributed by atoms with E-state index in [0.717, 1.165) is 47.1 Å². The molecular weight excluding hydrogens is 465 g/mol. The molecule has 3 aromatic carbocycles. The Bertz CT molecular complexity index is 1060. The Morgan fingerprint density at radius 3 is 1.88 bits per heavy atom. The summed E-state index contributed by atoms with van der Waals surface area (Å²) in [6.07, 6.45) is 2.69. The highest BCUT2D eigenvalue weighted by Gasteiger charge is 2.12. The quantitative estimate of drug-likeness (QED) is 0.291. The Morgan fingerprint density at radius 2 is 1.32 bits per heavy atom. The van der Waals surface area contributed by atoms with Crippen molar-refractivity contribution in [2.75, 3.05) is 18.4 Å². The standard InChI is InChI=1S/C28H33Cl2N3O/c1-20(31-15-13-22-5-3-7-25(29)18-22)17-24-9-11-27(12-10-24)33-28(34)21(2)32-16-14-23-6-4-8-26(30)19-23/h3-12,18-21,31-32H,13-17H2,1-2H3,(H,33,34)/t20?,21-/m0/s1. The van der Waals surface area contributed by atoms with Crippen LogP contribution in [-0.4, -0.2) is 31.1 Å². The monoisotopic (exact) mass is 497 g/mol. The molecule has 1 amide bonds. The zero-order chi connectivity index (χ0) is 24.3. The first-order valence-electron chi connectivity index (χ1n) is 11.7. The Labute approximate surface area is 213 Å². The van der Waals surface area contributed by atoms with E-state index >= 15 is 0 Å². The second-order valence-corrected chi connectivity index (χ2v) is 9.55. The molecule has 0 saturated carbocycles. The van der Waals surface area contributed by atoms with Crippen molar-refractivity contribution in [1.29, 1.82) is 0 Å². The SMILES string of the molecule is CC(Cc1ccc(NC(=O)[C@H](C)NCCc2cccc(Cl)c2)cc1)NCCc1cccc(Cl)c1. The molecule has 0 heterocycles. The first kappa shape index (κ1) is 26.2. The molecule has 0 radical (unpaired) electrons. The molecule has 0 aliphatic rings. The van der Waals surface area contributed by atoms with Crippen LogP contribution in [0.5, 0.6) is 0 Å². The minimum atomic E-state index is -0.289. The fourth-order valence-corrected chi connectivity index (χ4v) is 4.20. The molecule has 3 N–H and O–H groups in total. The van der Waals surface area contributed by atoms with Crippen LogP contribution in [0.3, 0.4) is 0 Å². The Morgan fingerprint density at radius 1 is 0.765 bits per heavy atom. The first-order valence-corrected chi connectivity index (χ1v) is 12.5. The maximum Gasteiger partial charge on any atom is 0.241 e. The Hall–Kier alpha value is -2.37. The second-order valence-electron chi connectivity index (χ2n) is 8.68. The van der Waals surface area contributed by atoms with E-state index in [4.69, 9.17) is 23.2 Å². The Balaban J connectivity index is 1.37. The predicted molar refractivity (Wildman–Crippen MR) is 144 cm³/mol. The van der Waals surface area contributed by atoms with Crippen LogP contribution in [0, 0.1) is 0 Å². The fourth-order valence-electron chi connectivity index (χ4n) is 3.77. The molecule has 0 fully saturated rings. The summed E-state index contributed by atoms with van der Waals surface area (Å²) in [5, 5.41) is 11.3. The van der Waals surface area contributed by atoms with Crippen LogP contribution in [0.2, 0.25) is 10.0 Å². The maximum absolute atomic E-state index is 12.5. The van der Waals surface area contributed by atoms with E-state index < -0.39 is 0 Å². The van der Waals surface area contributed by atoms with Gasteiger partial charge in [0.25, 0.3) is 0 Å². The average molecular weight is 498 g/mol. The highest BCUT2D eigenvalue weighted by Crippen LogP contribution is 2.14. The van der Waals surface area contributed by atoms with Gasteiger partial charge in [0, 0.05) is 21.8 Å². The average Bonchev–Trinajstić information content (AvgIpc) is 2.80. The number of carbonyl (C=O) groups excluding carboxylic acids is 1. The number of carbonyl (C=O) groups is 1. The highest BCUT2D eigenvalue weighted by atomic mass is 35.5. The first-order chi connectivity index (χ1) is 16.4. The van der Waals surface area contributed by atoms with E-state index in [-0.39, 0.29) is 11.9 Å². The van der Waals surface area contributed by atoms with Gasteiger partial charge in [0.1, 0.15) is 0 Å². The zero-order valence-electron chi connectivity index (χ0n) is 19.8. The number of anilines is 1. The van der Waals surface area contributed by atoms with Crippen molar-refractivity contribution in [3.05, 3.63) is 99.5 Å². The van der Waals surface area contributed by atoms with Crippen LogP contribution in [-0.2, 0) is 24.1 Å². The molecule has 0 spiro atoms. The fraction of sp³-hybridized carbons (Fsp3) is 0.321. The third-order valence-electron chi connectivity index (χ3n) is 5.71. The van der Waals surface area contributed by atoms with Crippen LogP contribution in [0.4, 0.5) is 5.69 Å². The summed E-state index contributed by atoms with van der Waals surface area (Å²) in [5.74, 6) is -0.0464. The highest BCUT2D eigenvalue weighted by molar-refractivity contribution is 6.30. The van der Waals surface area contributed by atoms with Gasteiger partial charge >= 0.3 is 0 Å². The number of hydrogen-bond acceptors (Lipinski definition) is 3. The lowest BCUT2D eigenvalue weighted by Crippen LogP contribution is -2.39. The largest absolute Gasteiger partial charge is 0.325 e. The van der Waals surface area contributed by atoms with Crippen molar-refractivity contribution in [2.24, 2.45) is 0 Å². The number of rotatable bonds is 12. The summed E-state index contributed by atoms with van der Waals surface area (Å²) in [6.45, 7) is 5.66. The smallest absolute Gasteiger partial charge is 0.241 e. The van der Waals surface area contributed by atoms with Gasteiger partial charge in [-0.05, 0) is 99.3 Å². The van der Waals surface area contributed by atoms with Gasteiger partial charge < -0.3 is 16.0 Å². The van der Waals surface area contributed by atoms with E-state index in [2.05, 4.69) is 41.1 Å². The Kier molecular flexibility index (Phi) is 10.4. The number of hydrogen-bond donors (Lipinski definition) is 3. The van der Waals surface area contributed by atoms with Gasteiger partial charge in [-0.25, -0.2) is 0 Å². The lowest BCUT2D eigenvalue weighted by molar-refractivity contribution is -0.117. The van der Waals surface area contributed by atoms with Gasteiger partial charge in [-0.3, -0.25) is 4.79 Å². The molecule has 34 heavy (non-hydrogen) atoms. The summed E-state index contributed by atoms with van der Waals surface area (Å²) < 4.78 is 0. The van der Waals surface area contributed by atoms with E-state index in [1.54, 1.807) is 0 Å². The summed E-state index contributed by atoms with van der Waals surface area (Å²) in [4.78, 5) is 12.5. The van der Waals surface area contributed by atoms with E-state index in [1.807, 2.05) is 61.5 Å². The molecule has 0 bridgehead atoms. The van der Waals surface area contributed by atoms with Gasteiger partial charge in [-0.2, -0.15) is 0 Å². The van der Waals surface area contributed by atoms with Crippen LogP contribution >= 0.6 is 23.2 Å². The van der Waals surface area contributed by atoms with Gasteiger partial charge in [0.2, 0.25) is 5.91 Å². The van der Waals surface area contributed by atoms with Crippen LogP contribution in [0.15, 0.2) is 72.8 Å². The van der Waals surface area contributed by atoms with Crippen LogP contribution < -0.4 is 16.0 Å². The molecule has 1 unspecified atom stereocenters. The molecule has 0 aliphatic carbocycles. The second kappa shape index (κ2) is 13.5. The van der Waals surface area contributed by atoms with Crippen LogP contribution in [0.1, 0.15) is 30.5 Å². The number of amides is 1. The molecule has 180 valence electrons. The van der Waals surface area contributed by atoms with Crippen molar-refractivity contribution in [2.45, 2.75) is 45.2 Å². The van der Waals surface area contributed by atoms with E-state index in [0.29, 0.717) is 12.6 Å². The summed E-state index contributed by atoms with van der Waals surface area (Å²) in [6, 6.07) is 23.9. The molecule has 0 aromatic heterocycles. The molecule has 6 heteroatoms. The normalized spacial score (nSPS) is 12.8. The van der Waals surface area contributed by atoms with Crippen molar-refractivity contribution >= 4 is 34.8 Å². The minimum absolute atomic E-state index is 0.0464. The third kappa shape index (κ3) is 9.11. The van der Waals surface area contributed by atoms with Crippen LogP contribution in [0.25, 0.3) is 0 Å². The van der Waals surface area contributed by atoms with E-state index in [9.17, 15) is 4.79 Å². The minimum Gasteiger partial charge on any atom is -0.325 e. The van der Waals surface area contributed by atoms with Gasteiger partial charge in [-0.15, -0.1) is 0 Å². The lowest BCUT2D eigenvalue weighted by atomic mass is 10.1. The van der Waals surface area contributed by atoms with Gasteiger partial charge in [-0.1, -0.05) is 59.6 Å². The van der Waals surface area contributed by atoms with Crippen molar-refractivity contribution in [1.82, 2.24) is 10.6 Å².